The van der Waals surface area contributed by atoms with Crippen LogP contribution in [0, 0.1) is 0 Å². The molecule has 1 aliphatic carbocycles. The van der Waals surface area contributed by atoms with Crippen LogP contribution in [0.25, 0.3) is 76.5 Å². The SMILES string of the molecule is [2H]c1c([2H])c(-c2ccc3ccc4cc5ccccc5cc4c3c2)c([2H])c([2H])c1-c1ccc2c(c1)C(C)(C)c1ccc3ccccc3c1-2. The Morgan fingerprint density at radius 2 is 0.977 bits per heavy atom. The lowest BCUT2D eigenvalue weighted by molar-refractivity contribution is 0.661. The first-order valence-corrected chi connectivity index (χ1v) is 14.9. The van der Waals surface area contributed by atoms with Crippen molar-refractivity contribution in [1.82, 2.24) is 0 Å². The van der Waals surface area contributed by atoms with Gasteiger partial charge in [-0.05, 0) is 112 Å². The lowest BCUT2D eigenvalue weighted by atomic mass is 9.81. The van der Waals surface area contributed by atoms with E-state index >= 15 is 0 Å². The van der Waals surface area contributed by atoms with Gasteiger partial charge in [-0.3, -0.25) is 0 Å². The second kappa shape index (κ2) is 8.90. The summed E-state index contributed by atoms with van der Waals surface area (Å²) in [6.07, 6.45) is 0. The van der Waals surface area contributed by atoms with E-state index in [1.54, 1.807) is 0 Å². The van der Waals surface area contributed by atoms with Crippen LogP contribution in [0.2, 0.25) is 0 Å². The minimum absolute atomic E-state index is 0.0243. The van der Waals surface area contributed by atoms with Crippen LogP contribution < -0.4 is 0 Å². The van der Waals surface area contributed by atoms with Gasteiger partial charge < -0.3 is 0 Å². The molecule has 0 aliphatic heterocycles. The third-order valence-electron chi connectivity index (χ3n) is 9.47. The largest absolute Gasteiger partial charge is 0.0629 e. The Labute approximate surface area is 257 Å². The molecule has 1 aliphatic rings. The van der Waals surface area contributed by atoms with E-state index in [-0.39, 0.29) is 29.6 Å². The lowest BCUT2D eigenvalue weighted by Crippen LogP contribution is -2.15. The Kier molecular flexibility index (Phi) is 4.27. The minimum atomic E-state index is -0.276. The molecule has 0 aromatic heterocycles. The molecule has 8 aromatic carbocycles. The normalized spacial score (nSPS) is 14.8. The van der Waals surface area contributed by atoms with Gasteiger partial charge in [0, 0.05) is 5.41 Å². The summed E-state index contributed by atoms with van der Waals surface area (Å²) in [5, 5.41) is 9.07. The van der Waals surface area contributed by atoms with E-state index in [0.29, 0.717) is 22.3 Å². The van der Waals surface area contributed by atoms with E-state index in [9.17, 15) is 5.48 Å². The second-order valence-electron chi connectivity index (χ2n) is 12.3. The standard InChI is InChI=1S/C43H30/c1-43(2)40-22-20-29-7-5-6-10-36(29)42(40)37-21-19-34(26-41(37)43)28-13-11-27(12-14-28)33-17-15-30-16-18-35-23-31-8-3-4-9-32(31)24-39(35)38(30)25-33/h3-26H,1-2H3/i11D,12D,13D,14D. The zero-order valence-corrected chi connectivity index (χ0v) is 24.0. The van der Waals surface area contributed by atoms with Crippen molar-refractivity contribution < 1.29 is 5.48 Å². The van der Waals surface area contributed by atoms with Gasteiger partial charge in [-0.2, -0.15) is 0 Å². The Morgan fingerprint density at radius 3 is 1.77 bits per heavy atom. The molecule has 0 heterocycles. The van der Waals surface area contributed by atoms with Crippen LogP contribution in [-0.2, 0) is 5.41 Å². The fourth-order valence-corrected chi connectivity index (χ4v) is 7.16. The average Bonchev–Trinajstić information content (AvgIpc) is 3.32. The lowest BCUT2D eigenvalue weighted by Gasteiger charge is -2.22. The molecule has 9 rings (SSSR count). The Hall–Kier alpha value is -5.20. The highest BCUT2D eigenvalue weighted by atomic mass is 14.4. The topological polar surface area (TPSA) is 0 Å². The number of hydrogen-bond donors (Lipinski definition) is 0. The van der Waals surface area contributed by atoms with E-state index in [2.05, 4.69) is 98.8 Å². The van der Waals surface area contributed by atoms with Gasteiger partial charge in [0.05, 0.1) is 5.48 Å². The summed E-state index contributed by atoms with van der Waals surface area (Å²) in [5.41, 5.74) is 6.56. The molecule has 0 saturated heterocycles. The molecule has 0 fully saturated rings. The van der Waals surface area contributed by atoms with Crippen LogP contribution in [-0.4, -0.2) is 0 Å². The van der Waals surface area contributed by atoms with Gasteiger partial charge in [0.2, 0.25) is 0 Å². The van der Waals surface area contributed by atoms with Crippen molar-refractivity contribution in [2.45, 2.75) is 19.3 Å². The maximum atomic E-state index is 9.19. The predicted octanol–water partition coefficient (Wildman–Crippen LogP) is 11.9. The first-order chi connectivity index (χ1) is 22.7. The van der Waals surface area contributed by atoms with Gasteiger partial charge in [-0.1, -0.05) is 135 Å². The Bertz CT molecular complexity index is 2620. The molecule has 0 saturated carbocycles. The maximum Gasteiger partial charge on any atom is 0.0629 e. The van der Waals surface area contributed by atoms with Crippen molar-refractivity contribution in [3.05, 3.63) is 157 Å². The fraction of sp³-hybridized carbons (Fsp3) is 0.0698. The van der Waals surface area contributed by atoms with Crippen molar-refractivity contribution in [3.63, 3.8) is 0 Å². The van der Waals surface area contributed by atoms with Crippen LogP contribution >= 0.6 is 0 Å². The third-order valence-corrected chi connectivity index (χ3v) is 9.47. The summed E-state index contributed by atoms with van der Waals surface area (Å²) in [6, 6.07) is 41.8. The van der Waals surface area contributed by atoms with Gasteiger partial charge in [-0.25, -0.2) is 0 Å². The fourth-order valence-electron chi connectivity index (χ4n) is 7.16. The Morgan fingerprint density at radius 1 is 0.419 bits per heavy atom. The van der Waals surface area contributed by atoms with Gasteiger partial charge in [-0.15, -0.1) is 0 Å². The average molecular weight is 551 g/mol. The zero-order valence-electron chi connectivity index (χ0n) is 28.0. The molecule has 0 nitrogen and oxygen atoms in total. The molecular formula is C43H30. The molecule has 202 valence electrons. The molecule has 0 radical (unpaired) electrons. The number of hydrogen-bond acceptors (Lipinski definition) is 0. The summed E-state index contributed by atoms with van der Waals surface area (Å²) in [6.45, 7) is 4.45. The van der Waals surface area contributed by atoms with Crippen LogP contribution in [0.1, 0.15) is 30.5 Å². The van der Waals surface area contributed by atoms with Gasteiger partial charge in [0.25, 0.3) is 0 Å². The summed E-state index contributed by atoms with van der Waals surface area (Å²) in [4.78, 5) is 0. The highest BCUT2D eigenvalue weighted by Crippen LogP contribution is 2.52. The summed E-state index contributed by atoms with van der Waals surface area (Å²) >= 11 is 0. The van der Waals surface area contributed by atoms with E-state index < -0.39 is 0 Å². The first-order valence-electron chi connectivity index (χ1n) is 16.9. The smallest absolute Gasteiger partial charge is 0.0616 e. The van der Waals surface area contributed by atoms with Crippen molar-refractivity contribution >= 4 is 43.1 Å². The Balaban J connectivity index is 1.21. The van der Waals surface area contributed by atoms with Crippen molar-refractivity contribution in [2.24, 2.45) is 0 Å². The van der Waals surface area contributed by atoms with Crippen LogP contribution in [0.15, 0.2) is 145 Å². The van der Waals surface area contributed by atoms with Crippen molar-refractivity contribution in [3.8, 4) is 33.4 Å². The molecule has 43 heavy (non-hydrogen) atoms. The third kappa shape index (κ3) is 3.63. The second-order valence-corrected chi connectivity index (χ2v) is 12.3. The maximum absolute atomic E-state index is 9.19. The van der Waals surface area contributed by atoms with Gasteiger partial charge in [0.15, 0.2) is 0 Å². The monoisotopic (exact) mass is 550 g/mol. The van der Waals surface area contributed by atoms with Crippen molar-refractivity contribution in [2.75, 3.05) is 0 Å². The van der Waals surface area contributed by atoms with E-state index in [0.717, 1.165) is 38.1 Å². The highest BCUT2D eigenvalue weighted by Gasteiger charge is 2.36. The molecule has 8 aromatic rings. The molecule has 0 amide bonds. The van der Waals surface area contributed by atoms with Crippen LogP contribution in [0.5, 0.6) is 0 Å². The summed E-state index contributed by atoms with van der Waals surface area (Å²) in [7, 11) is 0. The number of fused-ring (bicyclic) bond motifs is 9. The van der Waals surface area contributed by atoms with Crippen LogP contribution in [0.3, 0.4) is 0 Å². The highest BCUT2D eigenvalue weighted by molar-refractivity contribution is 6.13. The molecular weight excluding hydrogens is 516 g/mol. The summed E-state index contributed by atoms with van der Waals surface area (Å²) in [5.74, 6) is 0. The molecule has 0 unspecified atom stereocenters. The van der Waals surface area contributed by atoms with Crippen molar-refractivity contribution in [1.29, 1.82) is 0 Å². The first kappa shape index (κ1) is 20.6. The quantitative estimate of drug-likeness (QED) is 0.148. The van der Waals surface area contributed by atoms with E-state index in [1.807, 2.05) is 36.4 Å². The van der Waals surface area contributed by atoms with E-state index in [1.165, 1.54) is 27.3 Å². The van der Waals surface area contributed by atoms with Crippen LogP contribution in [0.4, 0.5) is 0 Å². The van der Waals surface area contributed by atoms with Gasteiger partial charge in [0.1, 0.15) is 0 Å². The summed E-state index contributed by atoms with van der Waals surface area (Å²) < 4.78 is 36.7. The zero-order chi connectivity index (χ0) is 32.2. The number of benzene rings is 8. The molecule has 0 N–H and O–H groups in total. The minimum Gasteiger partial charge on any atom is -0.0616 e. The molecule has 0 heteroatoms. The van der Waals surface area contributed by atoms with Gasteiger partial charge >= 0.3 is 0 Å². The molecule has 0 spiro atoms. The molecule has 0 bridgehead atoms. The van der Waals surface area contributed by atoms with E-state index in [4.69, 9.17) is 0 Å². The predicted molar refractivity (Wildman–Crippen MR) is 185 cm³/mol. The number of rotatable bonds is 2. The molecule has 0 atom stereocenters.